The van der Waals surface area contributed by atoms with Crippen molar-refractivity contribution in [3.8, 4) is 0 Å². The number of aryl methyl sites for hydroxylation is 1. The Hall–Kier alpha value is -3.35. The van der Waals surface area contributed by atoms with Gasteiger partial charge in [0.15, 0.2) is 0 Å². The van der Waals surface area contributed by atoms with Crippen molar-refractivity contribution in [2.24, 2.45) is 0 Å². The number of anilines is 3. The van der Waals surface area contributed by atoms with Crippen molar-refractivity contribution in [1.29, 1.82) is 0 Å². The Labute approximate surface area is 154 Å². The number of nitrogens with zero attached hydrogens (tertiary/aromatic N) is 3. The topological polar surface area (TPSA) is 58.1 Å². The number of fused-ring (bicyclic) bond motifs is 1. The molecule has 2 heterocycles. The first-order chi connectivity index (χ1) is 13.0. The van der Waals surface area contributed by atoms with Gasteiger partial charge in [0.2, 0.25) is 5.95 Å². The summed E-state index contributed by atoms with van der Waals surface area (Å²) in [7, 11) is 0. The van der Waals surface area contributed by atoms with Gasteiger partial charge in [-0.15, -0.1) is 0 Å². The summed E-state index contributed by atoms with van der Waals surface area (Å²) >= 11 is 0. The van der Waals surface area contributed by atoms with Crippen LogP contribution in [0.2, 0.25) is 0 Å². The molecule has 2 aromatic carbocycles. The third-order valence-corrected chi connectivity index (χ3v) is 4.38. The van der Waals surface area contributed by atoms with Crippen LogP contribution in [0.1, 0.15) is 21.7 Å². The summed E-state index contributed by atoms with van der Waals surface area (Å²) in [5.41, 5.74) is 2.79. The Balaban J connectivity index is 1.64. The number of hydrogen-bond donors (Lipinski definition) is 1. The maximum Gasteiger partial charge on any atom is 0.277 e. The SMILES string of the molecule is Cc1cc(C(=O)N2CCc3ccccc32)nc(Nc2ccc(F)cc2F)n1. The van der Waals surface area contributed by atoms with Crippen molar-refractivity contribution < 1.29 is 13.6 Å². The van der Waals surface area contributed by atoms with E-state index < -0.39 is 11.6 Å². The van der Waals surface area contributed by atoms with Crippen LogP contribution in [0.15, 0.2) is 48.5 Å². The molecule has 0 fully saturated rings. The van der Waals surface area contributed by atoms with Crippen molar-refractivity contribution in [3.63, 3.8) is 0 Å². The quantitative estimate of drug-likeness (QED) is 0.761. The molecule has 0 saturated heterocycles. The second-order valence-electron chi connectivity index (χ2n) is 6.30. The second kappa shape index (κ2) is 6.75. The molecule has 3 aromatic rings. The number of carbonyl (C=O) groups excluding carboxylic acids is 1. The lowest BCUT2D eigenvalue weighted by atomic mass is 10.2. The van der Waals surface area contributed by atoms with Crippen molar-refractivity contribution in [3.05, 3.63) is 77.1 Å². The molecule has 0 saturated carbocycles. The highest BCUT2D eigenvalue weighted by molar-refractivity contribution is 6.06. The molecule has 0 aliphatic carbocycles. The Kier molecular flexibility index (Phi) is 4.27. The zero-order chi connectivity index (χ0) is 19.0. The number of nitrogens with one attached hydrogen (secondary N) is 1. The standard InChI is InChI=1S/C20H16F2N4O/c1-12-10-17(19(27)26-9-8-13-4-2-3-5-18(13)26)25-20(23-12)24-16-7-6-14(21)11-15(16)22/h2-7,10-11H,8-9H2,1H3,(H,23,24,25). The lowest BCUT2D eigenvalue weighted by molar-refractivity contribution is 0.0984. The summed E-state index contributed by atoms with van der Waals surface area (Å²) in [5.74, 6) is -1.60. The first-order valence-electron chi connectivity index (χ1n) is 8.49. The van der Waals surface area contributed by atoms with E-state index in [2.05, 4.69) is 15.3 Å². The zero-order valence-corrected chi connectivity index (χ0v) is 14.5. The number of hydrogen-bond acceptors (Lipinski definition) is 4. The Bertz CT molecular complexity index is 1040. The lowest BCUT2D eigenvalue weighted by Crippen LogP contribution is -2.30. The van der Waals surface area contributed by atoms with E-state index in [4.69, 9.17) is 0 Å². The normalized spacial score (nSPS) is 12.8. The van der Waals surface area contributed by atoms with Gasteiger partial charge in [0, 0.05) is 24.0 Å². The third-order valence-electron chi connectivity index (χ3n) is 4.38. The Morgan fingerprint density at radius 3 is 2.74 bits per heavy atom. The van der Waals surface area contributed by atoms with Gasteiger partial charge in [-0.1, -0.05) is 18.2 Å². The molecular weight excluding hydrogens is 350 g/mol. The predicted molar refractivity (Wildman–Crippen MR) is 98.2 cm³/mol. The monoisotopic (exact) mass is 366 g/mol. The molecule has 0 atom stereocenters. The summed E-state index contributed by atoms with van der Waals surface area (Å²) in [5, 5.41) is 2.71. The summed E-state index contributed by atoms with van der Waals surface area (Å²) in [6.07, 6.45) is 0.790. The summed E-state index contributed by atoms with van der Waals surface area (Å²) in [6.45, 7) is 2.30. The Morgan fingerprint density at radius 2 is 1.93 bits per heavy atom. The number of aromatic nitrogens is 2. The van der Waals surface area contributed by atoms with Crippen molar-refractivity contribution >= 4 is 23.2 Å². The van der Waals surface area contributed by atoms with Gasteiger partial charge in [-0.05, 0) is 43.2 Å². The minimum Gasteiger partial charge on any atom is -0.322 e. The molecule has 27 heavy (non-hydrogen) atoms. The van der Waals surface area contributed by atoms with Gasteiger partial charge >= 0.3 is 0 Å². The Morgan fingerprint density at radius 1 is 1.11 bits per heavy atom. The molecule has 0 spiro atoms. The summed E-state index contributed by atoms with van der Waals surface area (Å²) < 4.78 is 26.9. The number of halogens is 2. The molecule has 1 aromatic heterocycles. The van der Waals surface area contributed by atoms with Crippen LogP contribution >= 0.6 is 0 Å². The maximum absolute atomic E-state index is 13.9. The molecule has 1 aliphatic rings. The van der Waals surface area contributed by atoms with Crippen LogP contribution in [-0.2, 0) is 6.42 Å². The van der Waals surface area contributed by atoms with Gasteiger partial charge in [0.25, 0.3) is 5.91 Å². The van der Waals surface area contributed by atoms with Gasteiger partial charge in [0.05, 0.1) is 5.69 Å². The highest BCUT2D eigenvalue weighted by atomic mass is 19.1. The van der Waals surface area contributed by atoms with Crippen LogP contribution in [0.3, 0.4) is 0 Å². The number of para-hydroxylation sites is 1. The summed E-state index contributed by atoms with van der Waals surface area (Å²) in [4.78, 5) is 23.1. The molecule has 4 rings (SSSR count). The van der Waals surface area contributed by atoms with Crippen molar-refractivity contribution in [2.75, 3.05) is 16.8 Å². The minimum atomic E-state index is -0.763. The molecule has 7 heteroatoms. The highest BCUT2D eigenvalue weighted by Gasteiger charge is 2.26. The maximum atomic E-state index is 13.9. The average Bonchev–Trinajstić information content (AvgIpc) is 3.07. The average molecular weight is 366 g/mol. The van der Waals surface area contributed by atoms with Crippen molar-refractivity contribution in [1.82, 2.24) is 9.97 Å². The van der Waals surface area contributed by atoms with Gasteiger partial charge < -0.3 is 10.2 Å². The molecule has 0 radical (unpaired) electrons. The number of amides is 1. The fraction of sp³-hybridized carbons (Fsp3) is 0.150. The first-order valence-corrected chi connectivity index (χ1v) is 8.49. The van der Waals surface area contributed by atoms with Crippen LogP contribution in [0.25, 0.3) is 0 Å². The zero-order valence-electron chi connectivity index (χ0n) is 14.5. The van der Waals surface area contributed by atoms with E-state index in [9.17, 15) is 13.6 Å². The second-order valence-corrected chi connectivity index (χ2v) is 6.30. The molecule has 136 valence electrons. The van der Waals surface area contributed by atoms with Gasteiger partial charge in [-0.2, -0.15) is 0 Å². The van der Waals surface area contributed by atoms with E-state index in [1.54, 1.807) is 17.9 Å². The molecule has 1 N–H and O–H groups in total. The predicted octanol–water partition coefficient (Wildman–Crippen LogP) is 4.01. The molecular formula is C20H16F2N4O. The largest absolute Gasteiger partial charge is 0.322 e. The number of benzene rings is 2. The summed E-state index contributed by atoms with van der Waals surface area (Å²) in [6, 6.07) is 12.5. The van der Waals surface area contributed by atoms with Crippen LogP contribution in [0.4, 0.5) is 26.1 Å². The van der Waals surface area contributed by atoms with E-state index >= 15 is 0 Å². The van der Waals surface area contributed by atoms with E-state index in [-0.39, 0.29) is 23.2 Å². The van der Waals surface area contributed by atoms with E-state index in [1.165, 1.54) is 6.07 Å². The van der Waals surface area contributed by atoms with Crippen LogP contribution < -0.4 is 10.2 Å². The molecule has 1 aliphatic heterocycles. The van der Waals surface area contributed by atoms with Gasteiger partial charge in [0.1, 0.15) is 17.3 Å². The van der Waals surface area contributed by atoms with E-state index in [1.807, 2.05) is 24.3 Å². The van der Waals surface area contributed by atoms with Gasteiger partial charge in [-0.25, -0.2) is 18.7 Å². The van der Waals surface area contributed by atoms with Crippen LogP contribution in [-0.4, -0.2) is 22.4 Å². The number of rotatable bonds is 3. The third kappa shape index (κ3) is 3.36. The fourth-order valence-electron chi connectivity index (χ4n) is 3.13. The van der Waals surface area contributed by atoms with E-state index in [0.29, 0.717) is 12.2 Å². The number of carbonyl (C=O) groups is 1. The smallest absolute Gasteiger partial charge is 0.277 e. The van der Waals surface area contributed by atoms with Crippen molar-refractivity contribution in [2.45, 2.75) is 13.3 Å². The lowest BCUT2D eigenvalue weighted by Gasteiger charge is -2.17. The fourth-order valence-corrected chi connectivity index (χ4v) is 3.13. The van der Waals surface area contributed by atoms with Gasteiger partial charge in [-0.3, -0.25) is 4.79 Å². The highest BCUT2D eigenvalue weighted by Crippen LogP contribution is 2.29. The molecule has 0 bridgehead atoms. The first kappa shape index (κ1) is 17.1. The van der Waals surface area contributed by atoms with Crippen LogP contribution in [0, 0.1) is 18.6 Å². The van der Waals surface area contributed by atoms with E-state index in [0.717, 1.165) is 29.8 Å². The molecule has 5 nitrogen and oxygen atoms in total. The molecule has 0 unspecified atom stereocenters. The minimum absolute atomic E-state index is 0.0342. The molecule has 1 amide bonds. The van der Waals surface area contributed by atoms with Crippen LogP contribution in [0.5, 0.6) is 0 Å².